The van der Waals surface area contributed by atoms with Gasteiger partial charge in [-0.15, -0.1) is 11.8 Å². The highest BCUT2D eigenvalue weighted by Gasteiger charge is 2.32. The fraction of sp³-hybridized carbons (Fsp3) is 0.167. The summed E-state index contributed by atoms with van der Waals surface area (Å²) in [5.41, 5.74) is 3.27. The maximum Gasteiger partial charge on any atom is 0.255 e. The van der Waals surface area contributed by atoms with Crippen molar-refractivity contribution < 1.29 is 9.59 Å². The molecule has 1 heterocycles. The van der Waals surface area contributed by atoms with Crippen LogP contribution in [0.2, 0.25) is 10.0 Å². The third-order valence-corrected chi connectivity index (χ3v) is 6.72. The van der Waals surface area contributed by atoms with E-state index in [1.54, 1.807) is 42.1 Å². The monoisotopic (exact) mass is 470 g/mol. The highest BCUT2D eigenvalue weighted by molar-refractivity contribution is 8.00. The van der Waals surface area contributed by atoms with E-state index < -0.39 is 0 Å². The van der Waals surface area contributed by atoms with Crippen molar-refractivity contribution in [3.05, 3.63) is 99.5 Å². The Balaban J connectivity index is 1.43. The van der Waals surface area contributed by atoms with Gasteiger partial charge in [0.15, 0.2) is 0 Å². The summed E-state index contributed by atoms with van der Waals surface area (Å²) in [5.74, 6) is 0.364. The quantitative estimate of drug-likeness (QED) is 0.475. The molecule has 3 aromatic rings. The van der Waals surface area contributed by atoms with Gasteiger partial charge in [-0.1, -0.05) is 65.7 Å². The SMILES string of the molecule is O=C(Nc1cc(Cl)cc(Cl)c1)c1ccc([C@H]2SCC(=O)N2CCc2ccccc2)cc1. The standard InChI is InChI=1S/C24H20Cl2N2O2S/c25-19-12-20(26)14-21(13-19)27-23(30)17-6-8-18(9-7-17)24-28(22(29)15-31-24)11-10-16-4-2-1-3-5-16/h1-9,12-14,24H,10-11,15H2,(H,27,30)/t24-/m1/s1. The summed E-state index contributed by atoms with van der Waals surface area (Å²) in [5, 5.41) is 3.67. The Hall–Kier alpha value is -2.47. The number of carbonyl (C=O) groups excluding carboxylic acids is 2. The number of carbonyl (C=O) groups is 2. The molecule has 0 bridgehead atoms. The van der Waals surface area contributed by atoms with E-state index in [9.17, 15) is 9.59 Å². The number of nitrogens with zero attached hydrogens (tertiary/aromatic N) is 1. The van der Waals surface area contributed by atoms with Crippen molar-refractivity contribution in [2.24, 2.45) is 0 Å². The van der Waals surface area contributed by atoms with Crippen LogP contribution in [0.15, 0.2) is 72.8 Å². The predicted octanol–water partition coefficient (Wildman–Crippen LogP) is 6.06. The molecule has 1 aliphatic heterocycles. The third kappa shape index (κ3) is 5.42. The van der Waals surface area contributed by atoms with Gasteiger partial charge in [-0.3, -0.25) is 9.59 Å². The van der Waals surface area contributed by atoms with Gasteiger partial charge in [0.25, 0.3) is 5.91 Å². The second-order valence-corrected chi connectivity index (χ2v) is 9.16. The van der Waals surface area contributed by atoms with E-state index >= 15 is 0 Å². The third-order valence-electron chi connectivity index (χ3n) is 5.03. The molecule has 4 rings (SSSR count). The van der Waals surface area contributed by atoms with Gasteiger partial charge in [-0.05, 0) is 47.9 Å². The van der Waals surface area contributed by atoms with Crippen LogP contribution >= 0.6 is 35.0 Å². The minimum absolute atomic E-state index is 0.0416. The Labute approximate surface area is 195 Å². The Morgan fingerprint density at radius 3 is 2.35 bits per heavy atom. The number of halogens is 2. The lowest BCUT2D eigenvalue weighted by molar-refractivity contribution is -0.128. The van der Waals surface area contributed by atoms with Crippen LogP contribution in [0.3, 0.4) is 0 Å². The van der Waals surface area contributed by atoms with Gasteiger partial charge in [0.05, 0.1) is 5.75 Å². The second kappa shape index (κ2) is 9.77. The van der Waals surface area contributed by atoms with Gasteiger partial charge in [0.1, 0.15) is 5.37 Å². The van der Waals surface area contributed by atoms with E-state index in [-0.39, 0.29) is 17.2 Å². The predicted molar refractivity (Wildman–Crippen MR) is 128 cm³/mol. The normalized spacial score (nSPS) is 15.9. The molecule has 1 saturated heterocycles. The van der Waals surface area contributed by atoms with E-state index in [1.807, 2.05) is 35.2 Å². The molecule has 0 spiro atoms. The van der Waals surface area contributed by atoms with Crippen LogP contribution in [0.1, 0.15) is 26.9 Å². The molecular formula is C24H20Cl2N2O2S. The van der Waals surface area contributed by atoms with E-state index in [2.05, 4.69) is 17.4 Å². The van der Waals surface area contributed by atoms with Crippen molar-refractivity contribution in [2.45, 2.75) is 11.8 Å². The lowest BCUT2D eigenvalue weighted by atomic mass is 10.1. The fourth-order valence-electron chi connectivity index (χ4n) is 3.49. The number of hydrogen-bond acceptors (Lipinski definition) is 3. The van der Waals surface area contributed by atoms with Crippen molar-refractivity contribution in [3.63, 3.8) is 0 Å². The van der Waals surface area contributed by atoms with Crippen LogP contribution < -0.4 is 5.32 Å². The molecule has 1 fully saturated rings. The van der Waals surface area contributed by atoms with Crippen LogP contribution in [0.25, 0.3) is 0 Å². The minimum Gasteiger partial charge on any atom is -0.326 e. The summed E-state index contributed by atoms with van der Waals surface area (Å²) >= 11 is 13.6. The average Bonchev–Trinajstić information content (AvgIpc) is 3.12. The molecule has 0 radical (unpaired) electrons. The summed E-state index contributed by atoms with van der Waals surface area (Å²) in [6.45, 7) is 0.665. The molecule has 7 heteroatoms. The Morgan fingerprint density at radius 1 is 1.00 bits per heavy atom. The highest BCUT2D eigenvalue weighted by Crippen LogP contribution is 2.38. The first-order chi connectivity index (χ1) is 15.0. The molecule has 0 unspecified atom stereocenters. The molecule has 158 valence electrons. The average molecular weight is 471 g/mol. The summed E-state index contributed by atoms with van der Waals surface area (Å²) in [6.07, 6.45) is 0.812. The number of nitrogens with one attached hydrogen (secondary N) is 1. The van der Waals surface area contributed by atoms with Gasteiger partial charge in [0.2, 0.25) is 5.91 Å². The van der Waals surface area contributed by atoms with E-state index in [4.69, 9.17) is 23.2 Å². The first-order valence-corrected chi connectivity index (χ1v) is 11.6. The topological polar surface area (TPSA) is 49.4 Å². The summed E-state index contributed by atoms with van der Waals surface area (Å²) in [4.78, 5) is 26.9. The van der Waals surface area contributed by atoms with Gasteiger partial charge in [0, 0.05) is 27.8 Å². The zero-order chi connectivity index (χ0) is 21.8. The molecule has 2 amide bonds. The Morgan fingerprint density at radius 2 is 1.68 bits per heavy atom. The number of anilines is 1. The second-order valence-electron chi connectivity index (χ2n) is 7.22. The van der Waals surface area contributed by atoms with Gasteiger partial charge < -0.3 is 10.2 Å². The van der Waals surface area contributed by atoms with Crippen LogP contribution in [0.4, 0.5) is 5.69 Å². The Kier molecular flexibility index (Phi) is 6.86. The van der Waals surface area contributed by atoms with E-state index in [1.165, 1.54) is 5.56 Å². The smallest absolute Gasteiger partial charge is 0.255 e. The fourth-order valence-corrected chi connectivity index (χ4v) is 5.24. The molecule has 3 aromatic carbocycles. The van der Waals surface area contributed by atoms with Crippen molar-refractivity contribution >= 4 is 52.5 Å². The van der Waals surface area contributed by atoms with Gasteiger partial charge >= 0.3 is 0 Å². The van der Waals surface area contributed by atoms with E-state index in [0.717, 1.165) is 12.0 Å². The van der Waals surface area contributed by atoms with E-state index in [0.29, 0.717) is 33.6 Å². The number of amides is 2. The molecule has 4 nitrogen and oxygen atoms in total. The van der Waals surface area contributed by atoms with Crippen molar-refractivity contribution in [1.29, 1.82) is 0 Å². The summed E-state index contributed by atoms with van der Waals surface area (Å²) in [6, 6.07) is 22.4. The highest BCUT2D eigenvalue weighted by atomic mass is 35.5. The maximum absolute atomic E-state index is 12.6. The molecule has 31 heavy (non-hydrogen) atoms. The van der Waals surface area contributed by atoms with Crippen LogP contribution in [0.5, 0.6) is 0 Å². The molecule has 1 aliphatic rings. The van der Waals surface area contributed by atoms with Gasteiger partial charge in [-0.2, -0.15) is 0 Å². The zero-order valence-corrected chi connectivity index (χ0v) is 18.9. The molecule has 1 atom stereocenters. The Bertz CT molecular complexity index is 1070. The maximum atomic E-state index is 12.6. The summed E-state index contributed by atoms with van der Waals surface area (Å²) < 4.78 is 0. The van der Waals surface area contributed by atoms with Crippen molar-refractivity contribution in [2.75, 3.05) is 17.6 Å². The molecular weight excluding hydrogens is 451 g/mol. The minimum atomic E-state index is -0.249. The molecule has 0 saturated carbocycles. The summed E-state index contributed by atoms with van der Waals surface area (Å²) in [7, 11) is 0. The zero-order valence-electron chi connectivity index (χ0n) is 16.6. The number of rotatable bonds is 6. The first kappa shape index (κ1) is 21.8. The van der Waals surface area contributed by atoms with Crippen molar-refractivity contribution in [1.82, 2.24) is 4.90 Å². The van der Waals surface area contributed by atoms with Crippen LogP contribution in [-0.4, -0.2) is 29.0 Å². The number of thioether (sulfide) groups is 1. The number of hydrogen-bond donors (Lipinski definition) is 1. The van der Waals surface area contributed by atoms with Crippen LogP contribution in [0, 0.1) is 0 Å². The lowest BCUT2D eigenvalue weighted by Crippen LogP contribution is -2.30. The largest absolute Gasteiger partial charge is 0.326 e. The van der Waals surface area contributed by atoms with Gasteiger partial charge in [-0.25, -0.2) is 0 Å². The molecule has 0 aromatic heterocycles. The van der Waals surface area contributed by atoms with Crippen LogP contribution in [-0.2, 0) is 11.2 Å². The number of benzene rings is 3. The first-order valence-electron chi connectivity index (χ1n) is 9.82. The lowest BCUT2D eigenvalue weighted by Gasteiger charge is -2.24. The van der Waals surface area contributed by atoms with Crippen molar-refractivity contribution in [3.8, 4) is 0 Å². The molecule has 0 aliphatic carbocycles. The molecule has 1 N–H and O–H groups in total.